The van der Waals surface area contributed by atoms with E-state index >= 15 is 0 Å². The maximum Gasteiger partial charge on any atom is 0.115 e. The van der Waals surface area contributed by atoms with Crippen LogP contribution in [0.15, 0.2) is 48.9 Å². The molecule has 0 N–H and O–H groups in total. The molecule has 0 unspecified atom stereocenters. The number of aromatic nitrogens is 3. The van der Waals surface area contributed by atoms with Crippen LogP contribution in [0.25, 0.3) is 22.6 Å². The lowest BCUT2D eigenvalue weighted by molar-refractivity contribution is 0.921. The van der Waals surface area contributed by atoms with E-state index in [1.165, 1.54) is 0 Å². The molecule has 0 radical (unpaired) electrons. The van der Waals surface area contributed by atoms with E-state index in [0.717, 1.165) is 17.0 Å². The third-order valence-corrected chi connectivity index (χ3v) is 3.40. The molecule has 0 atom stereocenters. The predicted octanol–water partition coefficient (Wildman–Crippen LogP) is 3.67. The van der Waals surface area contributed by atoms with E-state index in [1.54, 1.807) is 24.7 Å². The van der Waals surface area contributed by atoms with Crippen LogP contribution in [0.3, 0.4) is 0 Å². The minimum absolute atomic E-state index is 0.558. The minimum atomic E-state index is 0.558. The molecule has 0 aliphatic carbocycles. The third-order valence-electron chi connectivity index (χ3n) is 3.17. The number of hydrogen-bond acceptors (Lipinski definition) is 3. The smallest absolute Gasteiger partial charge is 0.115 e. The monoisotopic (exact) mass is 294 g/mol. The van der Waals surface area contributed by atoms with Crippen molar-refractivity contribution in [2.24, 2.45) is 7.05 Å². The van der Waals surface area contributed by atoms with Crippen molar-refractivity contribution >= 4 is 11.6 Å². The quantitative estimate of drug-likeness (QED) is 0.724. The number of pyridine rings is 1. The van der Waals surface area contributed by atoms with E-state index in [1.807, 2.05) is 35.9 Å². The van der Waals surface area contributed by atoms with Gasteiger partial charge in [0.05, 0.1) is 29.3 Å². The highest BCUT2D eigenvalue weighted by molar-refractivity contribution is 6.30. The van der Waals surface area contributed by atoms with Crippen LogP contribution >= 0.6 is 11.6 Å². The van der Waals surface area contributed by atoms with Gasteiger partial charge in [-0.15, -0.1) is 0 Å². The van der Waals surface area contributed by atoms with Crippen LogP contribution in [0, 0.1) is 11.3 Å². The molecule has 0 fully saturated rings. The number of imidazole rings is 1. The average Bonchev–Trinajstić information content (AvgIpc) is 2.89. The Morgan fingerprint density at radius 2 is 2.05 bits per heavy atom. The van der Waals surface area contributed by atoms with E-state index in [0.29, 0.717) is 16.3 Å². The van der Waals surface area contributed by atoms with Gasteiger partial charge in [-0.1, -0.05) is 23.7 Å². The molecule has 0 bridgehead atoms. The Hall–Kier alpha value is -2.64. The lowest BCUT2D eigenvalue weighted by atomic mass is 10.1. The van der Waals surface area contributed by atoms with Crippen molar-refractivity contribution in [1.29, 1.82) is 5.26 Å². The molecule has 3 rings (SSSR count). The van der Waals surface area contributed by atoms with Gasteiger partial charge < -0.3 is 4.57 Å². The lowest BCUT2D eigenvalue weighted by Crippen LogP contribution is -1.93. The van der Waals surface area contributed by atoms with Gasteiger partial charge in [0, 0.05) is 23.8 Å². The highest BCUT2D eigenvalue weighted by atomic mass is 35.5. The topological polar surface area (TPSA) is 54.5 Å². The SMILES string of the molecule is Cn1cnc(-c2cc(C#N)ccn2)c1-c1cccc(Cl)c1. The van der Waals surface area contributed by atoms with Gasteiger partial charge in [-0.3, -0.25) is 4.98 Å². The molecule has 0 saturated heterocycles. The number of rotatable bonds is 2. The zero-order valence-electron chi connectivity index (χ0n) is 11.3. The van der Waals surface area contributed by atoms with Crippen molar-refractivity contribution in [2.75, 3.05) is 0 Å². The Bertz CT molecular complexity index is 845. The molecular weight excluding hydrogens is 284 g/mol. The molecular formula is C16H11ClN4. The summed E-state index contributed by atoms with van der Waals surface area (Å²) in [6, 6.07) is 13.1. The van der Waals surface area contributed by atoms with Gasteiger partial charge in [0.1, 0.15) is 5.69 Å². The first-order chi connectivity index (χ1) is 10.2. The standard InChI is InChI=1S/C16H11ClN4/c1-21-10-20-15(14-7-11(9-18)5-6-19-14)16(21)12-3-2-4-13(17)8-12/h2-8,10H,1H3. The average molecular weight is 295 g/mol. The van der Waals surface area contributed by atoms with E-state index in [-0.39, 0.29) is 0 Å². The molecule has 2 aromatic heterocycles. The van der Waals surface area contributed by atoms with Crippen LogP contribution < -0.4 is 0 Å². The summed E-state index contributed by atoms with van der Waals surface area (Å²) >= 11 is 6.07. The van der Waals surface area contributed by atoms with Crippen molar-refractivity contribution in [3.63, 3.8) is 0 Å². The summed E-state index contributed by atoms with van der Waals surface area (Å²) < 4.78 is 1.92. The van der Waals surface area contributed by atoms with E-state index in [2.05, 4.69) is 16.0 Å². The number of halogens is 1. The fraction of sp³-hybridized carbons (Fsp3) is 0.0625. The maximum absolute atomic E-state index is 9.02. The molecule has 4 nitrogen and oxygen atoms in total. The van der Waals surface area contributed by atoms with E-state index in [9.17, 15) is 0 Å². The van der Waals surface area contributed by atoms with Crippen LogP contribution in [0.2, 0.25) is 5.02 Å². The summed E-state index contributed by atoms with van der Waals surface area (Å²) in [6.07, 6.45) is 3.34. The first-order valence-corrected chi connectivity index (χ1v) is 6.70. The first kappa shape index (κ1) is 13.3. The normalized spacial score (nSPS) is 10.3. The van der Waals surface area contributed by atoms with Crippen LogP contribution in [-0.2, 0) is 7.05 Å². The highest BCUT2D eigenvalue weighted by Crippen LogP contribution is 2.31. The zero-order chi connectivity index (χ0) is 14.8. The van der Waals surface area contributed by atoms with E-state index in [4.69, 9.17) is 16.9 Å². The molecule has 0 aliphatic heterocycles. The second-order valence-corrected chi connectivity index (χ2v) is 5.04. The van der Waals surface area contributed by atoms with Gasteiger partial charge in [-0.2, -0.15) is 5.26 Å². The maximum atomic E-state index is 9.02. The Morgan fingerprint density at radius 1 is 1.19 bits per heavy atom. The molecule has 0 aliphatic rings. The van der Waals surface area contributed by atoms with Gasteiger partial charge in [0.15, 0.2) is 0 Å². The summed E-state index contributed by atoms with van der Waals surface area (Å²) in [5.41, 5.74) is 3.84. The zero-order valence-corrected chi connectivity index (χ0v) is 12.0. The molecule has 1 aromatic carbocycles. The van der Waals surface area contributed by atoms with Crippen molar-refractivity contribution in [3.8, 4) is 28.7 Å². The molecule has 0 saturated carbocycles. The summed E-state index contributed by atoms with van der Waals surface area (Å²) in [4.78, 5) is 8.73. The van der Waals surface area contributed by atoms with Crippen LogP contribution in [-0.4, -0.2) is 14.5 Å². The minimum Gasteiger partial charge on any atom is -0.333 e. The Labute approximate surface area is 127 Å². The largest absolute Gasteiger partial charge is 0.333 e. The molecule has 3 aromatic rings. The summed E-state index contributed by atoms with van der Waals surface area (Å²) in [6.45, 7) is 0. The third kappa shape index (κ3) is 2.51. The Balaban J connectivity index is 2.19. The van der Waals surface area contributed by atoms with Gasteiger partial charge in [0.25, 0.3) is 0 Å². The van der Waals surface area contributed by atoms with Crippen molar-refractivity contribution in [1.82, 2.24) is 14.5 Å². The van der Waals surface area contributed by atoms with Gasteiger partial charge in [-0.05, 0) is 24.3 Å². The predicted molar refractivity (Wildman–Crippen MR) is 81.6 cm³/mol. The second kappa shape index (κ2) is 5.39. The van der Waals surface area contributed by atoms with Crippen LogP contribution in [0.4, 0.5) is 0 Å². The number of benzene rings is 1. The molecule has 21 heavy (non-hydrogen) atoms. The summed E-state index contributed by atoms with van der Waals surface area (Å²) in [5, 5.41) is 9.68. The summed E-state index contributed by atoms with van der Waals surface area (Å²) in [5.74, 6) is 0. The Morgan fingerprint density at radius 3 is 2.81 bits per heavy atom. The van der Waals surface area contributed by atoms with Crippen molar-refractivity contribution in [2.45, 2.75) is 0 Å². The van der Waals surface area contributed by atoms with Crippen molar-refractivity contribution < 1.29 is 0 Å². The van der Waals surface area contributed by atoms with Gasteiger partial charge >= 0.3 is 0 Å². The number of aryl methyl sites for hydroxylation is 1. The van der Waals surface area contributed by atoms with Crippen molar-refractivity contribution in [3.05, 3.63) is 59.5 Å². The molecule has 0 amide bonds. The highest BCUT2D eigenvalue weighted by Gasteiger charge is 2.14. The Kier molecular flexibility index (Phi) is 3.43. The number of nitrogens with zero attached hydrogens (tertiary/aromatic N) is 4. The molecule has 102 valence electrons. The molecule has 2 heterocycles. The van der Waals surface area contributed by atoms with Crippen LogP contribution in [0.5, 0.6) is 0 Å². The fourth-order valence-corrected chi connectivity index (χ4v) is 2.41. The van der Waals surface area contributed by atoms with Crippen LogP contribution in [0.1, 0.15) is 5.56 Å². The lowest BCUT2D eigenvalue weighted by Gasteiger charge is -2.07. The van der Waals surface area contributed by atoms with Gasteiger partial charge in [-0.25, -0.2) is 4.98 Å². The molecule has 0 spiro atoms. The number of hydrogen-bond donors (Lipinski definition) is 0. The fourth-order valence-electron chi connectivity index (χ4n) is 2.22. The van der Waals surface area contributed by atoms with E-state index < -0.39 is 0 Å². The first-order valence-electron chi connectivity index (χ1n) is 6.33. The molecule has 5 heteroatoms. The summed E-state index contributed by atoms with van der Waals surface area (Å²) in [7, 11) is 1.92. The van der Waals surface area contributed by atoms with Gasteiger partial charge in [0.2, 0.25) is 0 Å². The number of nitriles is 1. The second-order valence-electron chi connectivity index (χ2n) is 4.60.